The van der Waals surface area contributed by atoms with Crippen molar-refractivity contribution >= 4 is 28.0 Å². The van der Waals surface area contributed by atoms with Crippen LogP contribution in [-0.4, -0.2) is 16.5 Å². The predicted octanol–water partition coefficient (Wildman–Crippen LogP) is 6.47. The highest BCUT2D eigenvalue weighted by molar-refractivity contribution is 5.83. The lowest BCUT2D eigenvalue weighted by molar-refractivity contribution is 0.786. The standard InChI is InChI=1S/C24H27N3/c1-5-8-14-27(20-11-9-10-18(4)15-20)21-12-13-22-23(16-21)26-24(17-25-22)19(6-2)7-3/h6-7,9-13,15-17H,2,5,8,14H2,1,3-4H3/b19-7+. The molecule has 0 atom stereocenters. The molecule has 3 rings (SSSR count). The van der Waals surface area contributed by atoms with Gasteiger partial charge in [-0.1, -0.05) is 44.2 Å². The summed E-state index contributed by atoms with van der Waals surface area (Å²) in [6.45, 7) is 11.2. The van der Waals surface area contributed by atoms with Gasteiger partial charge in [0, 0.05) is 17.9 Å². The fourth-order valence-corrected chi connectivity index (χ4v) is 3.20. The van der Waals surface area contributed by atoms with Gasteiger partial charge in [0.1, 0.15) is 0 Å². The van der Waals surface area contributed by atoms with Crippen LogP contribution in [0.5, 0.6) is 0 Å². The van der Waals surface area contributed by atoms with Gasteiger partial charge in [-0.15, -0.1) is 0 Å². The van der Waals surface area contributed by atoms with E-state index in [9.17, 15) is 0 Å². The Bertz CT molecular complexity index is 972. The maximum Gasteiger partial charge on any atom is 0.0915 e. The van der Waals surface area contributed by atoms with Crippen LogP contribution in [-0.2, 0) is 0 Å². The number of fused-ring (bicyclic) bond motifs is 1. The summed E-state index contributed by atoms with van der Waals surface area (Å²) < 4.78 is 0. The lowest BCUT2D eigenvalue weighted by Crippen LogP contribution is -2.18. The topological polar surface area (TPSA) is 29.0 Å². The first-order valence-electron chi connectivity index (χ1n) is 9.56. The molecule has 0 fully saturated rings. The Morgan fingerprint density at radius 2 is 1.93 bits per heavy atom. The second-order valence-corrected chi connectivity index (χ2v) is 6.72. The number of rotatable bonds is 7. The molecule has 0 N–H and O–H groups in total. The molecule has 0 spiro atoms. The Labute approximate surface area is 162 Å². The fraction of sp³-hybridized carbons (Fsp3) is 0.250. The van der Waals surface area contributed by atoms with Crippen molar-refractivity contribution in [2.24, 2.45) is 0 Å². The van der Waals surface area contributed by atoms with E-state index in [2.05, 4.69) is 72.8 Å². The lowest BCUT2D eigenvalue weighted by atomic mass is 10.1. The fourth-order valence-electron chi connectivity index (χ4n) is 3.20. The van der Waals surface area contributed by atoms with Crippen molar-refractivity contribution in [1.82, 2.24) is 9.97 Å². The number of hydrogen-bond acceptors (Lipinski definition) is 3. The maximum absolute atomic E-state index is 4.82. The summed E-state index contributed by atoms with van der Waals surface area (Å²) in [4.78, 5) is 11.8. The maximum atomic E-state index is 4.82. The van der Waals surface area contributed by atoms with Crippen molar-refractivity contribution in [3.8, 4) is 0 Å². The first-order chi connectivity index (χ1) is 13.2. The summed E-state index contributed by atoms with van der Waals surface area (Å²) in [5.41, 5.74) is 7.28. The van der Waals surface area contributed by atoms with Gasteiger partial charge in [0.2, 0.25) is 0 Å². The summed E-state index contributed by atoms with van der Waals surface area (Å²) in [5, 5.41) is 0. The first kappa shape index (κ1) is 18.8. The van der Waals surface area contributed by atoms with Gasteiger partial charge in [-0.3, -0.25) is 4.98 Å². The minimum atomic E-state index is 0.854. The molecule has 1 heterocycles. The van der Waals surface area contributed by atoms with Crippen molar-refractivity contribution in [1.29, 1.82) is 0 Å². The monoisotopic (exact) mass is 357 g/mol. The summed E-state index contributed by atoms with van der Waals surface area (Å²) >= 11 is 0. The second kappa shape index (κ2) is 8.63. The third-order valence-electron chi connectivity index (χ3n) is 4.71. The molecule has 0 saturated carbocycles. The molecule has 0 aliphatic heterocycles. The molecular weight excluding hydrogens is 330 g/mol. The number of benzene rings is 2. The van der Waals surface area contributed by atoms with Crippen molar-refractivity contribution in [3.63, 3.8) is 0 Å². The quantitative estimate of drug-likeness (QED) is 0.454. The molecule has 0 saturated heterocycles. The van der Waals surface area contributed by atoms with E-state index in [4.69, 9.17) is 4.98 Å². The van der Waals surface area contributed by atoms with Crippen LogP contribution in [0.25, 0.3) is 16.6 Å². The van der Waals surface area contributed by atoms with Crippen molar-refractivity contribution < 1.29 is 0 Å². The minimum absolute atomic E-state index is 0.854. The van der Waals surface area contributed by atoms with Crippen LogP contribution in [0.2, 0.25) is 0 Å². The Hall–Kier alpha value is -2.94. The molecule has 0 amide bonds. The molecule has 3 nitrogen and oxygen atoms in total. The molecule has 138 valence electrons. The van der Waals surface area contributed by atoms with Gasteiger partial charge in [-0.05, 0) is 61.7 Å². The van der Waals surface area contributed by atoms with Gasteiger partial charge >= 0.3 is 0 Å². The lowest BCUT2D eigenvalue weighted by Gasteiger charge is -2.25. The van der Waals surface area contributed by atoms with Gasteiger partial charge < -0.3 is 4.90 Å². The van der Waals surface area contributed by atoms with Crippen LogP contribution in [0.4, 0.5) is 11.4 Å². The van der Waals surface area contributed by atoms with Crippen LogP contribution >= 0.6 is 0 Å². The smallest absolute Gasteiger partial charge is 0.0915 e. The number of allylic oxidation sites excluding steroid dienone is 3. The first-order valence-corrected chi connectivity index (χ1v) is 9.56. The molecule has 2 aromatic carbocycles. The normalized spacial score (nSPS) is 11.6. The zero-order valence-corrected chi connectivity index (χ0v) is 16.4. The largest absolute Gasteiger partial charge is 0.341 e. The Morgan fingerprint density at radius 1 is 1.11 bits per heavy atom. The van der Waals surface area contributed by atoms with E-state index in [1.165, 1.54) is 11.3 Å². The van der Waals surface area contributed by atoms with Gasteiger partial charge in [-0.2, -0.15) is 0 Å². The molecular formula is C24H27N3. The van der Waals surface area contributed by atoms with Crippen LogP contribution in [0.1, 0.15) is 37.9 Å². The number of nitrogens with zero attached hydrogens (tertiary/aromatic N) is 3. The summed E-state index contributed by atoms with van der Waals surface area (Å²) in [7, 11) is 0. The van der Waals surface area contributed by atoms with Gasteiger partial charge in [0.15, 0.2) is 0 Å². The van der Waals surface area contributed by atoms with Crippen molar-refractivity contribution in [2.45, 2.75) is 33.6 Å². The molecule has 0 bridgehead atoms. The van der Waals surface area contributed by atoms with Gasteiger partial charge in [0.05, 0.1) is 22.9 Å². The number of anilines is 2. The Morgan fingerprint density at radius 3 is 2.63 bits per heavy atom. The van der Waals surface area contributed by atoms with Crippen LogP contribution in [0, 0.1) is 6.92 Å². The van der Waals surface area contributed by atoms with Crippen LogP contribution in [0.3, 0.4) is 0 Å². The highest BCUT2D eigenvalue weighted by Gasteiger charge is 2.11. The highest BCUT2D eigenvalue weighted by Crippen LogP contribution is 2.29. The van der Waals surface area contributed by atoms with E-state index in [1.54, 1.807) is 0 Å². The van der Waals surface area contributed by atoms with E-state index in [1.807, 2.05) is 25.3 Å². The number of unbranched alkanes of at least 4 members (excludes halogenated alkanes) is 1. The molecule has 0 aliphatic carbocycles. The molecule has 0 aliphatic rings. The average molecular weight is 358 g/mol. The van der Waals surface area contributed by atoms with E-state index in [0.29, 0.717) is 0 Å². The summed E-state index contributed by atoms with van der Waals surface area (Å²) in [6, 6.07) is 15.0. The van der Waals surface area contributed by atoms with Crippen molar-refractivity contribution in [2.75, 3.05) is 11.4 Å². The second-order valence-electron chi connectivity index (χ2n) is 6.72. The molecule has 0 radical (unpaired) electrons. The third-order valence-corrected chi connectivity index (χ3v) is 4.71. The minimum Gasteiger partial charge on any atom is -0.341 e. The van der Waals surface area contributed by atoms with Gasteiger partial charge in [-0.25, -0.2) is 4.98 Å². The van der Waals surface area contributed by atoms with E-state index in [-0.39, 0.29) is 0 Å². The van der Waals surface area contributed by atoms with E-state index >= 15 is 0 Å². The van der Waals surface area contributed by atoms with E-state index in [0.717, 1.165) is 47.4 Å². The molecule has 3 heteroatoms. The Balaban J connectivity index is 2.07. The average Bonchev–Trinajstić information content (AvgIpc) is 2.69. The molecule has 3 aromatic rings. The number of aryl methyl sites for hydroxylation is 1. The molecule has 1 aromatic heterocycles. The van der Waals surface area contributed by atoms with E-state index < -0.39 is 0 Å². The van der Waals surface area contributed by atoms with Gasteiger partial charge in [0.25, 0.3) is 0 Å². The summed E-state index contributed by atoms with van der Waals surface area (Å²) in [6.07, 6.45) is 7.93. The van der Waals surface area contributed by atoms with Crippen LogP contribution < -0.4 is 4.90 Å². The third kappa shape index (κ3) is 4.25. The Kier molecular flexibility index (Phi) is 6.02. The van der Waals surface area contributed by atoms with Crippen LogP contribution in [0.15, 0.2) is 67.4 Å². The number of hydrogen-bond donors (Lipinski definition) is 0. The zero-order valence-electron chi connectivity index (χ0n) is 16.4. The summed E-state index contributed by atoms with van der Waals surface area (Å²) in [5.74, 6) is 0. The number of aromatic nitrogens is 2. The highest BCUT2D eigenvalue weighted by atomic mass is 15.1. The molecule has 27 heavy (non-hydrogen) atoms. The van der Waals surface area contributed by atoms with Crippen molar-refractivity contribution in [3.05, 3.63) is 78.6 Å². The SMILES string of the molecule is C=C/C(=C\C)c1cnc2ccc(N(CCCC)c3cccc(C)c3)cc2n1. The molecule has 0 unspecified atom stereocenters. The zero-order chi connectivity index (χ0) is 19.2. The predicted molar refractivity (Wildman–Crippen MR) is 116 cm³/mol.